The fraction of sp³-hybridized carbons (Fsp3) is 0.533. The summed E-state index contributed by atoms with van der Waals surface area (Å²) in [6, 6.07) is 8.21. The zero-order chi connectivity index (χ0) is 13.8. The van der Waals surface area contributed by atoms with Crippen molar-refractivity contribution in [3.63, 3.8) is 0 Å². The molecule has 1 fully saturated rings. The molecular weight excluding hydrogens is 240 g/mol. The molecule has 1 aliphatic heterocycles. The minimum Gasteiger partial charge on any atom is -0.448 e. The number of ether oxygens (including phenoxy) is 1. The van der Waals surface area contributed by atoms with Gasteiger partial charge in [0.1, 0.15) is 6.61 Å². The van der Waals surface area contributed by atoms with Gasteiger partial charge in [0.15, 0.2) is 0 Å². The van der Waals surface area contributed by atoms with E-state index in [1.807, 2.05) is 0 Å². The van der Waals surface area contributed by atoms with Crippen LogP contribution in [0.2, 0.25) is 0 Å². The summed E-state index contributed by atoms with van der Waals surface area (Å²) >= 11 is 0. The van der Waals surface area contributed by atoms with Gasteiger partial charge in [0.25, 0.3) is 0 Å². The Labute approximate surface area is 114 Å². The summed E-state index contributed by atoms with van der Waals surface area (Å²) in [6.45, 7) is 6.04. The van der Waals surface area contributed by atoms with Crippen LogP contribution in [0.1, 0.15) is 31.0 Å². The molecule has 0 aliphatic carbocycles. The van der Waals surface area contributed by atoms with E-state index in [1.54, 1.807) is 4.90 Å². The van der Waals surface area contributed by atoms with Gasteiger partial charge in [-0.3, -0.25) is 0 Å². The maximum absolute atomic E-state index is 11.4. The molecule has 1 saturated heterocycles. The summed E-state index contributed by atoms with van der Waals surface area (Å²) in [5.41, 5.74) is 8.53. The average Bonchev–Trinajstić information content (AvgIpc) is 2.75. The van der Waals surface area contributed by atoms with Crippen LogP contribution in [0.3, 0.4) is 0 Å². The number of cyclic esters (lactones) is 1. The van der Waals surface area contributed by atoms with Crippen molar-refractivity contribution in [2.75, 3.05) is 19.7 Å². The van der Waals surface area contributed by atoms with Crippen molar-refractivity contribution in [3.8, 4) is 0 Å². The van der Waals surface area contributed by atoms with Crippen molar-refractivity contribution in [2.45, 2.75) is 26.3 Å². The molecule has 1 aromatic carbocycles. The largest absolute Gasteiger partial charge is 0.448 e. The Morgan fingerprint density at radius 2 is 2.00 bits per heavy atom. The first kappa shape index (κ1) is 13.9. The second-order valence-electron chi connectivity index (χ2n) is 5.51. The monoisotopic (exact) mass is 262 g/mol. The smallest absolute Gasteiger partial charge is 0.410 e. The Morgan fingerprint density at radius 3 is 2.53 bits per heavy atom. The molecule has 0 aromatic heterocycles. The average molecular weight is 262 g/mol. The molecule has 2 rings (SSSR count). The third kappa shape index (κ3) is 3.70. The molecule has 1 atom stereocenters. The number of benzene rings is 1. The van der Waals surface area contributed by atoms with Gasteiger partial charge in [-0.05, 0) is 23.5 Å². The van der Waals surface area contributed by atoms with E-state index in [2.05, 4.69) is 38.1 Å². The van der Waals surface area contributed by atoms with Crippen molar-refractivity contribution >= 4 is 6.09 Å². The Balaban J connectivity index is 1.95. The summed E-state index contributed by atoms with van der Waals surface area (Å²) in [7, 11) is 0. The summed E-state index contributed by atoms with van der Waals surface area (Å²) in [5, 5.41) is 0. The van der Waals surface area contributed by atoms with Crippen LogP contribution >= 0.6 is 0 Å². The molecule has 0 spiro atoms. The number of amides is 1. The normalized spacial score (nSPS) is 16.8. The Bertz CT molecular complexity index is 428. The predicted octanol–water partition coefficient (Wildman–Crippen LogP) is 2.34. The molecule has 1 amide bonds. The van der Waals surface area contributed by atoms with Gasteiger partial charge in [0.2, 0.25) is 0 Å². The van der Waals surface area contributed by atoms with E-state index >= 15 is 0 Å². The lowest BCUT2D eigenvalue weighted by Crippen LogP contribution is -2.32. The van der Waals surface area contributed by atoms with Crippen LogP contribution in [0, 0.1) is 5.92 Å². The molecule has 4 nitrogen and oxygen atoms in total. The molecule has 1 aliphatic rings. The van der Waals surface area contributed by atoms with Crippen LogP contribution in [-0.2, 0) is 11.2 Å². The Hall–Kier alpha value is -1.55. The second kappa shape index (κ2) is 6.06. The number of rotatable bonds is 5. The molecule has 2 N–H and O–H groups in total. The number of hydrogen-bond acceptors (Lipinski definition) is 3. The quantitative estimate of drug-likeness (QED) is 0.886. The first-order valence-electron chi connectivity index (χ1n) is 6.82. The molecule has 19 heavy (non-hydrogen) atoms. The molecule has 104 valence electrons. The van der Waals surface area contributed by atoms with Crippen molar-refractivity contribution in [3.05, 3.63) is 35.4 Å². The van der Waals surface area contributed by atoms with Crippen molar-refractivity contribution in [2.24, 2.45) is 11.7 Å². The van der Waals surface area contributed by atoms with Crippen LogP contribution < -0.4 is 5.73 Å². The lowest BCUT2D eigenvalue weighted by Gasteiger charge is -2.19. The fourth-order valence-corrected chi connectivity index (χ4v) is 2.31. The van der Waals surface area contributed by atoms with E-state index in [0.717, 1.165) is 12.0 Å². The van der Waals surface area contributed by atoms with E-state index in [0.29, 0.717) is 25.6 Å². The van der Waals surface area contributed by atoms with E-state index in [1.165, 1.54) is 5.56 Å². The number of carbonyl (C=O) groups excluding carboxylic acids is 1. The number of nitrogens with two attached hydrogens (primary N) is 1. The van der Waals surface area contributed by atoms with Gasteiger partial charge in [-0.1, -0.05) is 38.1 Å². The third-order valence-corrected chi connectivity index (χ3v) is 3.31. The summed E-state index contributed by atoms with van der Waals surface area (Å²) in [5.74, 6) is 0.652. The van der Waals surface area contributed by atoms with Crippen LogP contribution in [0.15, 0.2) is 24.3 Å². The van der Waals surface area contributed by atoms with Crippen LogP contribution in [0.5, 0.6) is 0 Å². The SMILES string of the molecule is CC(C)Cc1ccc(C(N)CN2CCOC2=O)cc1. The van der Waals surface area contributed by atoms with E-state index < -0.39 is 0 Å². The molecule has 0 radical (unpaired) electrons. The summed E-state index contributed by atoms with van der Waals surface area (Å²) in [6.07, 6.45) is 0.820. The zero-order valence-electron chi connectivity index (χ0n) is 11.6. The van der Waals surface area contributed by atoms with Gasteiger partial charge < -0.3 is 15.4 Å². The first-order chi connectivity index (χ1) is 9.06. The molecule has 1 aromatic rings. The third-order valence-electron chi connectivity index (χ3n) is 3.31. The van der Waals surface area contributed by atoms with Crippen molar-refractivity contribution < 1.29 is 9.53 Å². The Kier molecular flexibility index (Phi) is 4.43. The molecule has 0 saturated carbocycles. The van der Waals surface area contributed by atoms with Gasteiger partial charge >= 0.3 is 6.09 Å². The van der Waals surface area contributed by atoms with Crippen LogP contribution in [0.25, 0.3) is 0 Å². The van der Waals surface area contributed by atoms with Gasteiger partial charge in [0, 0.05) is 12.6 Å². The topological polar surface area (TPSA) is 55.6 Å². The lowest BCUT2D eigenvalue weighted by atomic mass is 9.99. The standard InChI is InChI=1S/C15H22N2O2/c1-11(2)9-12-3-5-13(6-4-12)14(16)10-17-7-8-19-15(17)18/h3-6,11,14H,7-10,16H2,1-2H3. The molecule has 1 heterocycles. The van der Waals surface area contributed by atoms with Gasteiger partial charge in [-0.2, -0.15) is 0 Å². The highest BCUT2D eigenvalue weighted by Gasteiger charge is 2.24. The molecule has 0 bridgehead atoms. The van der Waals surface area contributed by atoms with Gasteiger partial charge in [-0.15, -0.1) is 0 Å². The maximum atomic E-state index is 11.4. The minimum atomic E-state index is -0.258. The number of hydrogen-bond donors (Lipinski definition) is 1. The predicted molar refractivity (Wildman–Crippen MR) is 74.8 cm³/mol. The summed E-state index contributed by atoms with van der Waals surface area (Å²) < 4.78 is 4.90. The number of nitrogens with zero attached hydrogens (tertiary/aromatic N) is 1. The summed E-state index contributed by atoms with van der Waals surface area (Å²) in [4.78, 5) is 13.0. The molecular formula is C15H22N2O2. The minimum absolute atomic E-state index is 0.154. The van der Waals surface area contributed by atoms with Gasteiger partial charge in [-0.25, -0.2) is 4.79 Å². The van der Waals surface area contributed by atoms with Crippen molar-refractivity contribution in [1.82, 2.24) is 4.90 Å². The molecule has 4 heteroatoms. The van der Waals surface area contributed by atoms with Crippen LogP contribution in [0.4, 0.5) is 4.79 Å². The highest BCUT2D eigenvalue weighted by molar-refractivity contribution is 5.69. The first-order valence-corrected chi connectivity index (χ1v) is 6.82. The van der Waals surface area contributed by atoms with Gasteiger partial charge in [0.05, 0.1) is 6.54 Å². The van der Waals surface area contributed by atoms with E-state index in [9.17, 15) is 4.79 Å². The van der Waals surface area contributed by atoms with E-state index in [-0.39, 0.29) is 12.1 Å². The highest BCUT2D eigenvalue weighted by Crippen LogP contribution is 2.16. The lowest BCUT2D eigenvalue weighted by molar-refractivity contribution is 0.157. The van der Waals surface area contributed by atoms with E-state index in [4.69, 9.17) is 10.5 Å². The number of carbonyl (C=O) groups is 1. The highest BCUT2D eigenvalue weighted by atomic mass is 16.6. The fourth-order valence-electron chi connectivity index (χ4n) is 2.31. The van der Waals surface area contributed by atoms with Crippen molar-refractivity contribution in [1.29, 1.82) is 0 Å². The zero-order valence-corrected chi connectivity index (χ0v) is 11.6. The maximum Gasteiger partial charge on any atom is 0.410 e. The second-order valence-corrected chi connectivity index (χ2v) is 5.51. The van der Waals surface area contributed by atoms with Crippen LogP contribution in [-0.4, -0.2) is 30.7 Å². The Morgan fingerprint density at radius 1 is 1.32 bits per heavy atom. The molecule has 1 unspecified atom stereocenters.